The van der Waals surface area contributed by atoms with Crippen LogP contribution in [0.5, 0.6) is 5.75 Å². The number of ether oxygens (including phenoxy) is 1. The van der Waals surface area contributed by atoms with E-state index in [9.17, 15) is 13.6 Å². The van der Waals surface area contributed by atoms with Gasteiger partial charge in [0, 0.05) is 27.4 Å². The van der Waals surface area contributed by atoms with Gasteiger partial charge < -0.3 is 9.84 Å². The summed E-state index contributed by atoms with van der Waals surface area (Å²) >= 11 is 7.22. The maximum Gasteiger partial charge on any atom is 0.303 e. The molecule has 0 fully saturated rings. The first-order chi connectivity index (χ1) is 13.4. The third kappa shape index (κ3) is 4.48. The van der Waals surface area contributed by atoms with E-state index < -0.39 is 17.6 Å². The molecule has 0 amide bonds. The van der Waals surface area contributed by atoms with Crippen LogP contribution in [0.25, 0.3) is 11.3 Å². The number of hydrogen-bond donors (Lipinski definition) is 1. The van der Waals surface area contributed by atoms with Gasteiger partial charge in [0.1, 0.15) is 6.61 Å². The molecule has 0 saturated carbocycles. The molecule has 1 heterocycles. The third-order valence-electron chi connectivity index (χ3n) is 4.21. The number of aromatic nitrogens is 1. The molecule has 146 valence electrons. The number of hydrogen-bond acceptors (Lipinski definition) is 4. The molecular formula is C20H16ClF2NO3S. The Bertz CT molecular complexity index is 1010. The Morgan fingerprint density at radius 2 is 1.89 bits per heavy atom. The van der Waals surface area contributed by atoms with Crippen molar-refractivity contribution in [3.8, 4) is 17.0 Å². The van der Waals surface area contributed by atoms with Crippen LogP contribution in [0.3, 0.4) is 0 Å². The Balaban J connectivity index is 1.79. The number of nitrogens with zero attached hydrogens (tertiary/aromatic N) is 1. The highest BCUT2D eigenvalue weighted by Crippen LogP contribution is 2.31. The third-order valence-corrected chi connectivity index (χ3v) is 5.26. The smallest absolute Gasteiger partial charge is 0.303 e. The van der Waals surface area contributed by atoms with Crippen molar-refractivity contribution >= 4 is 29.1 Å². The van der Waals surface area contributed by atoms with Gasteiger partial charge in [0.05, 0.1) is 5.69 Å². The maximum atomic E-state index is 14.3. The van der Waals surface area contributed by atoms with Crippen molar-refractivity contribution in [3.05, 3.63) is 69.1 Å². The van der Waals surface area contributed by atoms with Gasteiger partial charge >= 0.3 is 5.97 Å². The monoisotopic (exact) mass is 423 g/mol. The van der Waals surface area contributed by atoms with Gasteiger partial charge in [-0.25, -0.2) is 4.39 Å². The molecule has 1 aromatic heterocycles. The van der Waals surface area contributed by atoms with Crippen LogP contribution in [0.15, 0.2) is 36.4 Å². The minimum Gasteiger partial charge on any atom is -0.486 e. The van der Waals surface area contributed by atoms with E-state index in [1.54, 1.807) is 12.1 Å². The molecule has 3 rings (SSSR count). The van der Waals surface area contributed by atoms with Gasteiger partial charge in [-0.15, -0.1) is 0 Å². The molecule has 0 atom stereocenters. The van der Waals surface area contributed by atoms with Gasteiger partial charge in [0.25, 0.3) is 0 Å². The van der Waals surface area contributed by atoms with Crippen LogP contribution < -0.4 is 4.74 Å². The zero-order chi connectivity index (χ0) is 20.3. The van der Waals surface area contributed by atoms with E-state index in [2.05, 4.69) is 4.37 Å². The maximum absolute atomic E-state index is 14.3. The lowest BCUT2D eigenvalue weighted by atomic mass is 10.1. The fourth-order valence-electron chi connectivity index (χ4n) is 2.66. The Labute approximate surface area is 169 Å². The second-order valence-corrected chi connectivity index (χ2v) is 7.52. The largest absolute Gasteiger partial charge is 0.486 e. The second kappa shape index (κ2) is 8.67. The molecule has 2 aromatic carbocycles. The molecule has 0 aliphatic rings. The van der Waals surface area contributed by atoms with Crippen LogP contribution in [0.1, 0.15) is 22.4 Å². The predicted octanol–water partition coefficient (Wildman–Crippen LogP) is 5.65. The van der Waals surface area contributed by atoms with Crippen LogP contribution in [0.2, 0.25) is 5.02 Å². The fourth-order valence-corrected chi connectivity index (χ4v) is 3.50. The number of aliphatic carboxylic acids is 1. The topological polar surface area (TPSA) is 59.4 Å². The van der Waals surface area contributed by atoms with E-state index in [0.717, 1.165) is 16.0 Å². The number of aryl methyl sites for hydroxylation is 2. The summed E-state index contributed by atoms with van der Waals surface area (Å²) in [5.74, 6) is -3.52. The molecule has 0 aliphatic carbocycles. The molecule has 1 N–H and O–H groups in total. The zero-order valence-electron chi connectivity index (χ0n) is 14.8. The van der Waals surface area contributed by atoms with Gasteiger partial charge in [-0.2, -0.15) is 8.76 Å². The van der Waals surface area contributed by atoms with E-state index in [1.807, 2.05) is 19.1 Å². The lowest BCUT2D eigenvalue weighted by Gasteiger charge is -2.11. The highest BCUT2D eigenvalue weighted by molar-refractivity contribution is 7.06. The Morgan fingerprint density at radius 1 is 1.18 bits per heavy atom. The zero-order valence-corrected chi connectivity index (χ0v) is 16.4. The van der Waals surface area contributed by atoms with Gasteiger partial charge in [0.2, 0.25) is 5.82 Å². The molecule has 0 radical (unpaired) electrons. The summed E-state index contributed by atoms with van der Waals surface area (Å²) in [6.07, 6.45) is -0.368. The van der Waals surface area contributed by atoms with Crippen LogP contribution in [-0.2, 0) is 17.8 Å². The van der Waals surface area contributed by atoms with Gasteiger partial charge in [-0.05, 0) is 48.6 Å². The Hall–Kier alpha value is -2.51. The van der Waals surface area contributed by atoms with Crippen molar-refractivity contribution in [1.82, 2.24) is 4.37 Å². The Kier molecular flexibility index (Phi) is 6.26. The summed E-state index contributed by atoms with van der Waals surface area (Å²) in [4.78, 5) is 11.5. The van der Waals surface area contributed by atoms with E-state index >= 15 is 0 Å². The number of rotatable bonds is 7. The molecule has 8 heteroatoms. The summed E-state index contributed by atoms with van der Waals surface area (Å²) in [5, 5.41) is 9.29. The summed E-state index contributed by atoms with van der Waals surface area (Å²) in [5.41, 5.74) is 2.34. The first kappa shape index (κ1) is 20.2. The van der Waals surface area contributed by atoms with E-state index in [1.165, 1.54) is 23.7 Å². The Morgan fingerprint density at radius 3 is 2.57 bits per heavy atom. The number of carboxylic acid groups (broad SMARTS) is 1. The molecule has 0 bridgehead atoms. The number of benzene rings is 2. The minimum absolute atomic E-state index is 0.00230. The summed E-state index contributed by atoms with van der Waals surface area (Å²) in [6, 6.07) is 9.82. The minimum atomic E-state index is -1.13. The fraction of sp³-hybridized carbons (Fsp3) is 0.200. The molecular weight excluding hydrogens is 408 g/mol. The van der Waals surface area contributed by atoms with Crippen molar-refractivity contribution in [2.75, 3.05) is 0 Å². The van der Waals surface area contributed by atoms with Gasteiger partial charge in [0.15, 0.2) is 11.6 Å². The highest BCUT2D eigenvalue weighted by atomic mass is 35.5. The van der Waals surface area contributed by atoms with Crippen molar-refractivity contribution < 1.29 is 23.4 Å². The van der Waals surface area contributed by atoms with Crippen LogP contribution in [0.4, 0.5) is 8.78 Å². The lowest BCUT2D eigenvalue weighted by Crippen LogP contribution is -2.04. The molecule has 3 aromatic rings. The highest BCUT2D eigenvalue weighted by Gasteiger charge is 2.18. The lowest BCUT2D eigenvalue weighted by molar-refractivity contribution is -0.136. The van der Waals surface area contributed by atoms with Crippen molar-refractivity contribution in [1.29, 1.82) is 0 Å². The molecule has 0 aliphatic heterocycles. The summed E-state index contributed by atoms with van der Waals surface area (Å²) < 4.78 is 38.4. The molecule has 0 saturated heterocycles. The van der Waals surface area contributed by atoms with E-state index in [4.69, 9.17) is 21.4 Å². The van der Waals surface area contributed by atoms with Crippen LogP contribution in [-0.4, -0.2) is 15.4 Å². The predicted molar refractivity (Wildman–Crippen MR) is 104 cm³/mol. The number of carbonyl (C=O) groups is 1. The van der Waals surface area contributed by atoms with Crippen molar-refractivity contribution in [2.24, 2.45) is 0 Å². The number of carboxylic acids is 1. The van der Waals surface area contributed by atoms with Gasteiger partial charge in [-0.3, -0.25) is 4.79 Å². The first-order valence-corrected chi connectivity index (χ1v) is 9.54. The average molecular weight is 424 g/mol. The van der Waals surface area contributed by atoms with E-state index in [0.29, 0.717) is 10.7 Å². The van der Waals surface area contributed by atoms with E-state index in [-0.39, 0.29) is 30.8 Å². The molecule has 4 nitrogen and oxygen atoms in total. The molecule has 28 heavy (non-hydrogen) atoms. The quantitative estimate of drug-likeness (QED) is 0.533. The number of halogens is 3. The van der Waals surface area contributed by atoms with Crippen LogP contribution >= 0.6 is 23.1 Å². The molecule has 0 spiro atoms. The van der Waals surface area contributed by atoms with Crippen molar-refractivity contribution in [3.63, 3.8) is 0 Å². The normalized spacial score (nSPS) is 10.9. The summed E-state index contributed by atoms with van der Waals surface area (Å²) in [6.45, 7) is 1.90. The van der Waals surface area contributed by atoms with Crippen LogP contribution in [0, 0.1) is 18.6 Å². The first-order valence-electron chi connectivity index (χ1n) is 8.39. The SMILES string of the molecule is Cc1snc(-c2ccc(Cl)cc2)c1COc1ccc(CCC(=O)O)c(F)c1F. The van der Waals surface area contributed by atoms with Gasteiger partial charge in [-0.1, -0.05) is 29.8 Å². The molecule has 0 unspecified atom stereocenters. The standard InChI is InChI=1S/C20H16ClF2NO3S/c1-11-15(20(24-28-11)13-2-6-14(21)7-3-13)10-27-16-8-4-12(5-9-17(25)26)18(22)19(16)23/h2-4,6-8H,5,9-10H2,1H3,(H,25,26). The summed E-state index contributed by atoms with van der Waals surface area (Å²) in [7, 11) is 0. The van der Waals surface area contributed by atoms with Crippen molar-refractivity contribution in [2.45, 2.75) is 26.4 Å². The second-order valence-electron chi connectivity index (χ2n) is 6.11. The average Bonchev–Trinajstić information content (AvgIpc) is 3.03.